The van der Waals surface area contributed by atoms with Crippen LogP contribution in [0.15, 0.2) is 194 Å². The molecule has 10 aromatic rings. The van der Waals surface area contributed by atoms with Gasteiger partial charge in [0.15, 0.2) is 17.5 Å². The third kappa shape index (κ3) is 6.17. The fraction of sp³-hybridized carbons (Fsp3) is 0. The Morgan fingerprint density at radius 1 is 0.327 bits per heavy atom. The average Bonchev–Trinajstić information content (AvgIpc) is 3.69. The number of hydrogen-bond donors (Lipinski definition) is 0. The summed E-state index contributed by atoms with van der Waals surface area (Å²) >= 11 is 1.83. The molecule has 0 atom stereocenters. The van der Waals surface area contributed by atoms with E-state index >= 15 is 0 Å². The molecule has 0 unspecified atom stereocenters. The van der Waals surface area contributed by atoms with Crippen molar-refractivity contribution in [2.75, 3.05) is 0 Å². The normalized spacial score (nSPS) is 11.3. The summed E-state index contributed by atoms with van der Waals surface area (Å²) in [7, 11) is 0. The molecule has 258 valence electrons. The molecule has 0 N–H and O–H groups in total. The number of benzene rings is 7. The average molecular weight is 721 g/mol. The molecule has 0 aliphatic carbocycles. The van der Waals surface area contributed by atoms with Gasteiger partial charge in [-0.3, -0.25) is 0 Å². The van der Waals surface area contributed by atoms with Crippen molar-refractivity contribution >= 4 is 32.3 Å². The second-order valence-electron chi connectivity index (χ2n) is 13.4. The molecule has 7 aromatic carbocycles. The van der Waals surface area contributed by atoms with Gasteiger partial charge in [0.1, 0.15) is 0 Å². The quantitative estimate of drug-likeness (QED) is 0.164. The van der Waals surface area contributed by atoms with E-state index in [2.05, 4.69) is 133 Å². The van der Waals surface area contributed by atoms with Crippen LogP contribution in [0.2, 0.25) is 0 Å². The van der Waals surface area contributed by atoms with Gasteiger partial charge in [-0.1, -0.05) is 182 Å². The molecule has 0 radical (unpaired) electrons. The first kappa shape index (κ1) is 32.6. The number of hydrogen-bond acceptors (Lipinski definition) is 5. The zero-order valence-electron chi connectivity index (χ0n) is 29.7. The van der Waals surface area contributed by atoms with Gasteiger partial charge in [-0.05, 0) is 34.4 Å². The summed E-state index contributed by atoms with van der Waals surface area (Å²) in [4.78, 5) is 21.4. The monoisotopic (exact) mass is 720 g/mol. The van der Waals surface area contributed by atoms with Gasteiger partial charge in [0.05, 0.1) is 15.9 Å². The van der Waals surface area contributed by atoms with Gasteiger partial charge < -0.3 is 0 Å². The van der Waals surface area contributed by atoms with Crippen molar-refractivity contribution in [3.63, 3.8) is 0 Å². The highest BCUT2D eigenvalue weighted by atomic mass is 32.1. The molecular weight excluding hydrogens is 689 g/mol. The SMILES string of the molecule is c1ccc(-c2nc(-c3ccccc3)nc(-c3ccc(-c4ccc5nc(-c6ccccc6)c6sc(-c7ccccc7)c(-c7ccccc7)c6c5c4)cc3)n2)cc1. The Labute approximate surface area is 323 Å². The van der Waals surface area contributed by atoms with Crippen molar-refractivity contribution in [1.29, 1.82) is 0 Å². The van der Waals surface area contributed by atoms with Crippen LogP contribution in [0.25, 0.3) is 99.1 Å². The van der Waals surface area contributed by atoms with Crippen LogP contribution in [0.4, 0.5) is 0 Å². The largest absolute Gasteiger partial charge is 0.246 e. The van der Waals surface area contributed by atoms with Crippen molar-refractivity contribution in [3.05, 3.63) is 194 Å². The zero-order chi connectivity index (χ0) is 36.6. The molecule has 55 heavy (non-hydrogen) atoms. The van der Waals surface area contributed by atoms with Crippen LogP contribution in [0, 0.1) is 0 Å². The highest BCUT2D eigenvalue weighted by Gasteiger charge is 2.22. The lowest BCUT2D eigenvalue weighted by atomic mass is 9.94. The van der Waals surface area contributed by atoms with Gasteiger partial charge in [0.25, 0.3) is 0 Å². The number of thiophene rings is 1. The van der Waals surface area contributed by atoms with Crippen LogP contribution >= 0.6 is 11.3 Å². The lowest BCUT2D eigenvalue weighted by molar-refractivity contribution is 1.07. The first-order chi connectivity index (χ1) is 27.3. The Balaban J connectivity index is 1.14. The van der Waals surface area contributed by atoms with Crippen LogP contribution in [-0.2, 0) is 0 Å². The molecular formula is C50H32N4S. The van der Waals surface area contributed by atoms with E-state index in [1.165, 1.54) is 31.7 Å². The fourth-order valence-corrected chi connectivity index (χ4v) is 8.61. The van der Waals surface area contributed by atoms with Crippen LogP contribution in [0.1, 0.15) is 0 Å². The van der Waals surface area contributed by atoms with E-state index in [-0.39, 0.29) is 0 Å². The topological polar surface area (TPSA) is 51.6 Å². The third-order valence-electron chi connectivity index (χ3n) is 9.94. The molecule has 0 fully saturated rings. The lowest BCUT2D eigenvalue weighted by Crippen LogP contribution is -2.00. The van der Waals surface area contributed by atoms with E-state index in [1.54, 1.807) is 0 Å². The van der Waals surface area contributed by atoms with E-state index < -0.39 is 0 Å². The number of pyridine rings is 1. The first-order valence-electron chi connectivity index (χ1n) is 18.3. The lowest BCUT2D eigenvalue weighted by Gasteiger charge is -2.12. The Morgan fingerprint density at radius 2 is 0.745 bits per heavy atom. The molecule has 0 saturated carbocycles. The standard InChI is InChI=1S/C50H32N4S/c1-6-16-34(17-7-1)43-44-41-32-40(30-31-42(41)51-45(35-18-8-2-9-19-35)47(44)55-46(43)36-20-10-3-11-21-36)33-26-28-39(29-27-33)50-53-48(37-22-12-4-13-23-37)52-49(54-50)38-24-14-5-15-25-38/h1-32H. The first-order valence-corrected chi connectivity index (χ1v) is 19.1. The highest BCUT2D eigenvalue weighted by molar-refractivity contribution is 7.23. The maximum absolute atomic E-state index is 5.36. The zero-order valence-corrected chi connectivity index (χ0v) is 30.5. The van der Waals surface area contributed by atoms with Crippen molar-refractivity contribution in [1.82, 2.24) is 19.9 Å². The molecule has 5 heteroatoms. The number of fused-ring (bicyclic) bond motifs is 3. The van der Waals surface area contributed by atoms with Crippen LogP contribution < -0.4 is 0 Å². The molecule has 0 spiro atoms. The van der Waals surface area contributed by atoms with Gasteiger partial charge in [-0.25, -0.2) is 19.9 Å². The van der Waals surface area contributed by atoms with E-state index in [0.29, 0.717) is 17.5 Å². The van der Waals surface area contributed by atoms with E-state index in [1.807, 2.05) is 72.0 Å². The Morgan fingerprint density at radius 3 is 1.27 bits per heavy atom. The second-order valence-corrected chi connectivity index (χ2v) is 14.4. The molecule has 0 aliphatic rings. The maximum Gasteiger partial charge on any atom is 0.164 e. The van der Waals surface area contributed by atoms with Crippen molar-refractivity contribution in [2.24, 2.45) is 0 Å². The summed E-state index contributed by atoms with van der Waals surface area (Å²) in [5, 5.41) is 2.36. The van der Waals surface area contributed by atoms with Gasteiger partial charge in [0.2, 0.25) is 0 Å². The van der Waals surface area contributed by atoms with Crippen molar-refractivity contribution < 1.29 is 0 Å². The van der Waals surface area contributed by atoms with E-state index in [9.17, 15) is 0 Å². The molecule has 0 aliphatic heterocycles. The molecule has 4 nitrogen and oxygen atoms in total. The minimum atomic E-state index is 0.635. The van der Waals surface area contributed by atoms with Gasteiger partial charge in [-0.15, -0.1) is 11.3 Å². The molecule has 0 amide bonds. The summed E-state index contributed by atoms with van der Waals surface area (Å²) in [6.45, 7) is 0. The van der Waals surface area contributed by atoms with Crippen molar-refractivity contribution in [2.45, 2.75) is 0 Å². The Bertz CT molecular complexity index is 2870. The third-order valence-corrected chi connectivity index (χ3v) is 11.2. The van der Waals surface area contributed by atoms with Gasteiger partial charge in [-0.2, -0.15) is 0 Å². The number of nitrogens with zero attached hydrogens (tertiary/aromatic N) is 4. The summed E-state index contributed by atoms with van der Waals surface area (Å²) in [6.07, 6.45) is 0. The number of rotatable bonds is 7. The summed E-state index contributed by atoms with van der Waals surface area (Å²) < 4.78 is 1.18. The maximum atomic E-state index is 5.36. The van der Waals surface area contributed by atoms with E-state index in [4.69, 9.17) is 19.9 Å². The van der Waals surface area contributed by atoms with Crippen LogP contribution in [-0.4, -0.2) is 19.9 Å². The summed E-state index contributed by atoms with van der Waals surface area (Å²) in [5.74, 6) is 1.93. The van der Waals surface area contributed by atoms with Crippen LogP contribution in [0.3, 0.4) is 0 Å². The van der Waals surface area contributed by atoms with Crippen LogP contribution in [0.5, 0.6) is 0 Å². The predicted octanol–water partition coefficient (Wildman–Crippen LogP) is 13.3. The van der Waals surface area contributed by atoms with E-state index in [0.717, 1.165) is 50.0 Å². The number of aromatic nitrogens is 4. The molecule has 0 saturated heterocycles. The van der Waals surface area contributed by atoms with Gasteiger partial charge >= 0.3 is 0 Å². The molecule has 10 rings (SSSR count). The van der Waals surface area contributed by atoms with Gasteiger partial charge in [0, 0.05) is 43.5 Å². The predicted molar refractivity (Wildman–Crippen MR) is 229 cm³/mol. The Hall–Kier alpha value is -7.08. The summed E-state index contributed by atoms with van der Waals surface area (Å²) in [5.41, 5.74) is 11.8. The van der Waals surface area contributed by atoms with Crippen molar-refractivity contribution in [3.8, 4) is 78.1 Å². The minimum Gasteiger partial charge on any atom is -0.246 e. The minimum absolute atomic E-state index is 0.635. The fourth-order valence-electron chi connectivity index (χ4n) is 7.25. The smallest absolute Gasteiger partial charge is 0.164 e. The molecule has 0 bridgehead atoms. The molecule has 3 aromatic heterocycles. The second kappa shape index (κ2) is 14.0. The summed E-state index contributed by atoms with van der Waals surface area (Å²) in [6, 6.07) is 67.4. The molecule has 3 heterocycles. The highest BCUT2D eigenvalue weighted by Crippen LogP contribution is 2.50. The Kier molecular flexibility index (Phi) is 8.32.